The van der Waals surface area contributed by atoms with Crippen molar-refractivity contribution in [1.29, 1.82) is 0 Å². The van der Waals surface area contributed by atoms with Gasteiger partial charge in [-0.2, -0.15) is 0 Å². The molecule has 1 aromatic rings. The number of para-hydroxylation sites is 2. The summed E-state index contributed by atoms with van der Waals surface area (Å²) < 4.78 is 10.6. The minimum Gasteiger partial charge on any atom is -0.493 e. The number of nitrogens with one attached hydrogen (secondary N) is 2. The molecule has 0 aromatic heterocycles. The van der Waals surface area contributed by atoms with Gasteiger partial charge in [0.2, 0.25) is 0 Å². The molecule has 2 rings (SSSR count). The predicted molar refractivity (Wildman–Crippen MR) is 89.2 cm³/mol. The van der Waals surface area contributed by atoms with Crippen LogP contribution in [0.4, 0.5) is 0 Å². The number of hydrogen-bond acceptors (Lipinski definition) is 4. The fraction of sp³-hybridized carbons (Fsp3) is 0.500. The first kappa shape index (κ1) is 16.5. The molecule has 2 N–H and O–H groups in total. The first-order valence-corrected chi connectivity index (χ1v) is 7.96. The molecule has 0 spiro atoms. The van der Waals surface area contributed by atoms with Crippen LogP contribution in [-0.4, -0.2) is 30.8 Å². The number of ether oxygens (including phenoxy) is 2. The summed E-state index contributed by atoms with van der Waals surface area (Å²) in [4.78, 5) is 11.9. The van der Waals surface area contributed by atoms with Crippen LogP contribution < -0.4 is 20.1 Å². The fourth-order valence-corrected chi connectivity index (χ4v) is 2.79. The Bertz CT molecular complexity index is 516. The summed E-state index contributed by atoms with van der Waals surface area (Å²) in [6.07, 6.45) is 5.92. The molecule has 0 unspecified atom stereocenters. The molecule has 0 saturated heterocycles. The Balaban J connectivity index is 1.74. The molecule has 0 atom stereocenters. The van der Waals surface area contributed by atoms with Crippen molar-refractivity contribution in [2.75, 3.05) is 13.7 Å². The molecule has 1 aliphatic carbocycles. The maximum absolute atomic E-state index is 11.9. The Morgan fingerprint density at radius 1 is 1.23 bits per heavy atom. The largest absolute Gasteiger partial charge is 0.493 e. The van der Waals surface area contributed by atoms with Gasteiger partial charge >= 0.3 is 0 Å². The molecule has 1 saturated carbocycles. The highest BCUT2D eigenvalue weighted by atomic mass is 32.1. The zero-order valence-corrected chi connectivity index (χ0v) is 13.6. The maximum atomic E-state index is 11.9. The van der Waals surface area contributed by atoms with E-state index in [0.29, 0.717) is 22.7 Å². The summed E-state index contributed by atoms with van der Waals surface area (Å²) in [7, 11) is 1.56. The van der Waals surface area contributed by atoms with E-state index in [0.717, 1.165) is 12.8 Å². The lowest BCUT2D eigenvalue weighted by Gasteiger charge is -2.24. The van der Waals surface area contributed by atoms with Crippen molar-refractivity contribution in [1.82, 2.24) is 10.6 Å². The van der Waals surface area contributed by atoms with Gasteiger partial charge in [0.05, 0.1) is 7.11 Å². The Hall–Kier alpha value is -1.82. The van der Waals surface area contributed by atoms with E-state index in [1.807, 2.05) is 12.1 Å². The van der Waals surface area contributed by atoms with E-state index in [4.69, 9.17) is 21.7 Å². The molecule has 120 valence electrons. The van der Waals surface area contributed by atoms with Crippen LogP contribution in [0.25, 0.3) is 0 Å². The summed E-state index contributed by atoms with van der Waals surface area (Å²) >= 11 is 5.17. The fourth-order valence-electron chi connectivity index (χ4n) is 2.51. The average molecular weight is 322 g/mol. The molecule has 1 amide bonds. The van der Waals surface area contributed by atoms with Gasteiger partial charge in [-0.05, 0) is 37.2 Å². The SMILES string of the molecule is COc1ccccc1OCC(=O)NC(=S)NC1CCCCC1. The summed E-state index contributed by atoms with van der Waals surface area (Å²) in [6.45, 7) is -0.104. The smallest absolute Gasteiger partial charge is 0.264 e. The number of benzene rings is 1. The molecule has 6 heteroatoms. The second-order valence-corrected chi connectivity index (χ2v) is 5.70. The zero-order chi connectivity index (χ0) is 15.8. The van der Waals surface area contributed by atoms with Crippen LogP contribution in [0, 0.1) is 0 Å². The second-order valence-electron chi connectivity index (χ2n) is 5.30. The minimum absolute atomic E-state index is 0.104. The number of amides is 1. The van der Waals surface area contributed by atoms with E-state index in [2.05, 4.69) is 10.6 Å². The van der Waals surface area contributed by atoms with E-state index < -0.39 is 0 Å². The van der Waals surface area contributed by atoms with Crippen LogP contribution in [0.1, 0.15) is 32.1 Å². The minimum atomic E-state index is -0.279. The van der Waals surface area contributed by atoms with Crippen LogP contribution >= 0.6 is 12.2 Å². The van der Waals surface area contributed by atoms with Crippen molar-refractivity contribution in [3.8, 4) is 11.5 Å². The molecule has 0 heterocycles. The predicted octanol–water partition coefficient (Wildman–Crippen LogP) is 2.40. The average Bonchev–Trinajstić information content (AvgIpc) is 2.54. The Morgan fingerprint density at radius 2 is 1.91 bits per heavy atom. The lowest BCUT2D eigenvalue weighted by molar-refractivity contribution is -0.121. The topological polar surface area (TPSA) is 59.6 Å². The summed E-state index contributed by atoms with van der Waals surface area (Å²) in [5.41, 5.74) is 0. The number of rotatable bonds is 5. The third-order valence-electron chi connectivity index (χ3n) is 3.62. The molecule has 1 aromatic carbocycles. The number of hydrogen-bond donors (Lipinski definition) is 2. The van der Waals surface area contributed by atoms with Gasteiger partial charge in [-0.3, -0.25) is 4.79 Å². The standard InChI is InChI=1S/C16H22N2O3S/c1-20-13-9-5-6-10-14(13)21-11-15(19)18-16(22)17-12-7-3-2-4-8-12/h5-6,9-10,12H,2-4,7-8,11H2,1H3,(H2,17,18,19,22). The number of thiocarbonyl (C=S) groups is 1. The van der Waals surface area contributed by atoms with E-state index in [-0.39, 0.29) is 12.5 Å². The zero-order valence-electron chi connectivity index (χ0n) is 12.8. The monoisotopic (exact) mass is 322 g/mol. The van der Waals surface area contributed by atoms with Gasteiger partial charge in [-0.25, -0.2) is 0 Å². The number of carbonyl (C=O) groups excluding carboxylic acids is 1. The van der Waals surface area contributed by atoms with Gasteiger partial charge in [-0.1, -0.05) is 31.4 Å². The highest BCUT2D eigenvalue weighted by Crippen LogP contribution is 2.25. The van der Waals surface area contributed by atoms with Gasteiger partial charge in [0.1, 0.15) is 0 Å². The Morgan fingerprint density at radius 3 is 2.59 bits per heavy atom. The van der Waals surface area contributed by atoms with E-state index >= 15 is 0 Å². The third-order valence-corrected chi connectivity index (χ3v) is 3.84. The van der Waals surface area contributed by atoms with E-state index in [9.17, 15) is 4.79 Å². The molecular formula is C16H22N2O3S. The van der Waals surface area contributed by atoms with Gasteiger partial charge in [-0.15, -0.1) is 0 Å². The number of carbonyl (C=O) groups is 1. The highest BCUT2D eigenvalue weighted by molar-refractivity contribution is 7.80. The van der Waals surface area contributed by atoms with Crippen LogP contribution in [0.5, 0.6) is 11.5 Å². The normalized spacial score (nSPS) is 15.0. The third kappa shape index (κ3) is 5.18. The summed E-state index contributed by atoms with van der Waals surface area (Å²) in [5, 5.41) is 6.22. The second kappa shape index (κ2) is 8.58. The van der Waals surface area contributed by atoms with Gasteiger partial charge in [0.15, 0.2) is 23.2 Å². The lowest BCUT2D eigenvalue weighted by atomic mass is 9.96. The maximum Gasteiger partial charge on any atom is 0.264 e. The van der Waals surface area contributed by atoms with E-state index in [1.165, 1.54) is 19.3 Å². The number of methoxy groups -OCH3 is 1. The summed E-state index contributed by atoms with van der Waals surface area (Å²) in [5.74, 6) is 0.851. The van der Waals surface area contributed by atoms with Gasteiger partial charge < -0.3 is 20.1 Å². The Kier molecular flexibility index (Phi) is 6.45. The van der Waals surface area contributed by atoms with Crippen molar-refractivity contribution in [3.63, 3.8) is 0 Å². The van der Waals surface area contributed by atoms with Crippen LogP contribution in [0.3, 0.4) is 0 Å². The van der Waals surface area contributed by atoms with Crippen molar-refractivity contribution in [2.45, 2.75) is 38.1 Å². The lowest BCUT2D eigenvalue weighted by Crippen LogP contribution is -2.46. The van der Waals surface area contributed by atoms with Crippen molar-refractivity contribution < 1.29 is 14.3 Å². The molecule has 0 radical (unpaired) electrons. The quantitative estimate of drug-likeness (QED) is 0.815. The van der Waals surface area contributed by atoms with Gasteiger partial charge in [0, 0.05) is 6.04 Å². The first-order chi connectivity index (χ1) is 10.7. The first-order valence-electron chi connectivity index (χ1n) is 7.55. The molecule has 5 nitrogen and oxygen atoms in total. The van der Waals surface area contributed by atoms with Crippen molar-refractivity contribution in [2.24, 2.45) is 0 Å². The van der Waals surface area contributed by atoms with Crippen LogP contribution in [0.2, 0.25) is 0 Å². The van der Waals surface area contributed by atoms with Crippen molar-refractivity contribution >= 4 is 23.2 Å². The van der Waals surface area contributed by atoms with E-state index in [1.54, 1.807) is 19.2 Å². The van der Waals surface area contributed by atoms with Crippen LogP contribution in [-0.2, 0) is 4.79 Å². The molecule has 22 heavy (non-hydrogen) atoms. The molecule has 0 bridgehead atoms. The molecule has 1 aliphatic rings. The highest BCUT2D eigenvalue weighted by Gasteiger charge is 2.15. The Labute approximate surface area is 136 Å². The summed E-state index contributed by atoms with van der Waals surface area (Å²) in [6, 6.07) is 7.57. The molecular weight excluding hydrogens is 300 g/mol. The molecule has 1 fully saturated rings. The molecule has 0 aliphatic heterocycles. The van der Waals surface area contributed by atoms with Gasteiger partial charge in [0.25, 0.3) is 5.91 Å². The van der Waals surface area contributed by atoms with Crippen molar-refractivity contribution in [3.05, 3.63) is 24.3 Å². The van der Waals surface area contributed by atoms with Crippen LogP contribution in [0.15, 0.2) is 24.3 Å².